The van der Waals surface area contributed by atoms with E-state index in [1.165, 1.54) is 4.57 Å². The van der Waals surface area contributed by atoms with Crippen LogP contribution in [0.2, 0.25) is 5.02 Å². The second-order valence-corrected chi connectivity index (χ2v) is 10.2. The van der Waals surface area contributed by atoms with Gasteiger partial charge in [0.25, 0.3) is 17.6 Å². The van der Waals surface area contributed by atoms with E-state index in [-0.39, 0.29) is 34.3 Å². The zero-order chi connectivity index (χ0) is 27.1. The number of fused-ring (bicyclic) bond motifs is 1. The number of amides is 2. The third kappa shape index (κ3) is 5.36. The van der Waals surface area contributed by atoms with Gasteiger partial charge < -0.3 is 20.3 Å². The van der Waals surface area contributed by atoms with Crippen LogP contribution in [0.15, 0.2) is 12.1 Å². The van der Waals surface area contributed by atoms with Gasteiger partial charge >= 0.3 is 5.97 Å². The highest BCUT2D eigenvalue weighted by molar-refractivity contribution is 6.48. The molecule has 12 heteroatoms. The maximum atomic E-state index is 13.6. The number of Topliss-reactive ketones (excluding diaryl/α,β-unsaturated/α-hetero) is 1. The number of hydrogen-bond donors (Lipinski definition) is 3. The van der Waals surface area contributed by atoms with Crippen LogP contribution in [0, 0.1) is 23.4 Å². The van der Waals surface area contributed by atoms with Gasteiger partial charge in [0.2, 0.25) is 0 Å². The number of ketones is 1. The lowest BCUT2D eigenvalue weighted by molar-refractivity contribution is -0.138. The van der Waals surface area contributed by atoms with Gasteiger partial charge in [-0.25, -0.2) is 13.2 Å². The predicted molar refractivity (Wildman–Crippen MR) is 127 cm³/mol. The molecule has 1 fully saturated rings. The van der Waals surface area contributed by atoms with Crippen LogP contribution in [0.25, 0.3) is 0 Å². The number of halogens is 4. The van der Waals surface area contributed by atoms with E-state index in [2.05, 4.69) is 10.6 Å². The van der Waals surface area contributed by atoms with Gasteiger partial charge in [-0.2, -0.15) is 0 Å². The van der Waals surface area contributed by atoms with Gasteiger partial charge in [0.15, 0.2) is 17.5 Å². The molecule has 0 spiro atoms. The standard InChI is InChI=1S/C25H25ClF3N3O5/c1-25(6-4-12(5-7-25)9-17(33)34)31-24(37)22(35)21-19(26)18(16-3-2-8-32(16)21)23(36)30-13-10-14(27)20(29)15(28)11-13/h10-12H,2-9H2,1H3,(H,30,36)(H,31,37)(H,33,34)/t12-,25-. The number of carbonyl (C=O) groups is 4. The fraction of sp³-hybridized carbons (Fsp3) is 0.440. The molecule has 0 saturated heterocycles. The molecule has 0 atom stereocenters. The van der Waals surface area contributed by atoms with Crippen LogP contribution in [0.5, 0.6) is 0 Å². The largest absolute Gasteiger partial charge is 0.481 e. The number of carboxylic acids is 1. The minimum Gasteiger partial charge on any atom is -0.481 e. The number of carbonyl (C=O) groups excluding carboxylic acids is 3. The van der Waals surface area contributed by atoms with Crippen molar-refractivity contribution in [2.75, 3.05) is 5.32 Å². The molecule has 1 aliphatic carbocycles. The highest BCUT2D eigenvalue weighted by Crippen LogP contribution is 2.36. The number of carboxylic acid groups (broad SMARTS) is 1. The number of aromatic nitrogens is 1. The predicted octanol–water partition coefficient (Wildman–Crippen LogP) is 4.48. The Morgan fingerprint density at radius 1 is 1.14 bits per heavy atom. The van der Waals surface area contributed by atoms with Gasteiger partial charge in [0.05, 0.1) is 10.6 Å². The highest BCUT2D eigenvalue weighted by Gasteiger charge is 2.38. The average molecular weight is 540 g/mol. The first kappa shape index (κ1) is 26.7. The molecule has 0 unspecified atom stereocenters. The van der Waals surface area contributed by atoms with E-state index in [9.17, 15) is 32.3 Å². The first-order chi connectivity index (χ1) is 17.4. The maximum Gasteiger partial charge on any atom is 0.303 e. The summed E-state index contributed by atoms with van der Waals surface area (Å²) >= 11 is 6.43. The van der Waals surface area contributed by atoms with Gasteiger partial charge in [0, 0.05) is 42.0 Å². The molecule has 1 saturated carbocycles. The normalized spacial score (nSPS) is 20.8. The van der Waals surface area contributed by atoms with Crippen molar-refractivity contribution >= 4 is 40.9 Å². The van der Waals surface area contributed by atoms with E-state index in [0.29, 0.717) is 62.9 Å². The van der Waals surface area contributed by atoms with Crippen molar-refractivity contribution in [2.24, 2.45) is 5.92 Å². The molecule has 4 rings (SSSR count). The summed E-state index contributed by atoms with van der Waals surface area (Å²) < 4.78 is 41.9. The number of benzene rings is 1. The Morgan fingerprint density at radius 3 is 2.35 bits per heavy atom. The summed E-state index contributed by atoms with van der Waals surface area (Å²) in [5.74, 6) is -8.20. The van der Waals surface area contributed by atoms with Gasteiger partial charge in [-0.15, -0.1) is 0 Å². The maximum absolute atomic E-state index is 13.6. The fourth-order valence-electron chi connectivity index (χ4n) is 5.15. The van der Waals surface area contributed by atoms with Crippen LogP contribution < -0.4 is 10.6 Å². The number of aliphatic carboxylic acids is 1. The zero-order valence-electron chi connectivity index (χ0n) is 19.9. The lowest BCUT2D eigenvalue weighted by Gasteiger charge is -2.37. The summed E-state index contributed by atoms with van der Waals surface area (Å²) in [6.07, 6.45) is 3.20. The van der Waals surface area contributed by atoms with E-state index in [1.807, 2.05) is 0 Å². The third-order valence-corrected chi connectivity index (χ3v) is 7.45. The summed E-state index contributed by atoms with van der Waals surface area (Å²) in [6, 6.07) is 1.23. The van der Waals surface area contributed by atoms with Crippen LogP contribution in [-0.2, 0) is 22.6 Å². The van der Waals surface area contributed by atoms with Crippen LogP contribution in [0.1, 0.15) is 72.0 Å². The SMILES string of the molecule is C[C@]1(NC(=O)C(=O)c2c(Cl)c(C(=O)Nc3cc(F)c(F)c(F)c3)c3n2CCC3)CC[C@H](CC(=O)O)CC1. The Kier molecular flexibility index (Phi) is 7.36. The summed E-state index contributed by atoms with van der Waals surface area (Å²) in [5.41, 5.74) is -0.891. The van der Waals surface area contributed by atoms with Crippen molar-refractivity contribution in [3.8, 4) is 0 Å². The minimum atomic E-state index is -1.68. The Hall–Kier alpha value is -3.34. The second kappa shape index (κ2) is 10.2. The molecule has 0 radical (unpaired) electrons. The molecule has 1 aliphatic heterocycles. The Bertz CT molecular complexity index is 1280. The van der Waals surface area contributed by atoms with Crippen LogP contribution in [0.3, 0.4) is 0 Å². The Morgan fingerprint density at radius 2 is 1.76 bits per heavy atom. The van der Waals surface area contributed by atoms with Gasteiger partial charge in [-0.05, 0) is 51.4 Å². The molecule has 1 aromatic carbocycles. The molecule has 37 heavy (non-hydrogen) atoms. The number of anilines is 1. The lowest BCUT2D eigenvalue weighted by atomic mass is 9.76. The van der Waals surface area contributed by atoms with Gasteiger partial charge in [-0.1, -0.05) is 11.6 Å². The number of nitrogens with zero attached hydrogens (tertiary/aromatic N) is 1. The average Bonchev–Trinajstić information content (AvgIpc) is 3.37. The molecule has 1 aromatic heterocycles. The van der Waals surface area contributed by atoms with Crippen molar-refractivity contribution < 1.29 is 37.5 Å². The van der Waals surface area contributed by atoms with E-state index >= 15 is 0 Å². The molecular formula is C25H25ClF3N3O5. The van der Waals surface area contributed by atoms with Crippen LogP contribution >= 0.6 is 11.6 Å². The molecule has 198 valence electrons. The molecule has 2 aromatic rings. The van der Waals surface area contributed by atoms with Crippen molar-refractivity contribution in [3.63, 3.8) is 0 Å². The Balaban J connectivity index is 1.53. The first-order valence-corrected chi connectivity index (χ1v) is 12.2. The molecule has 2 amide bonds. The number of hydrogen-bond acceptors (Lipinski definition) is 4. The minimum absolute atomic E-state index is 0.00523. The van der Waals surface area contributed by atoms with Gasteiger partial charge in [0.1, 0.15) is 5.69 Å². The highest BCUT2D eigenvalue weighted by atomic mass is 35.5. The van der Waals surface area contributed by atoms with E-state index in [1.54, 1.807) is 6.92 Å². The van der Waals surface area contributed by atoms with Crippen LogP contribution in [-0.4, -0.2) is 38.8 Å². The number of nitrogens with one attached hydrogen (secondary N) is 2. The van der Waals surface area contributed by atoms with Crippen molar-refractivity contribution in [3.05, 3.63) is 51.6 Å². The first-order valence-electron chi connectivity index (χ1n) is 11.9. The molecule has 8 nitrogen and oxygen atoms in total. The summed E-state index contributed by atoms with van der Waals surface area (Å²) in [6.45, 7) is 2.13. The van der Waals surface area contributed by atoms with Crippen molar-refractivity contribution in [1.82, 2.24) is 9.88 Å². The molecule has 0 bridgehead atoms. The lowest BCUT2D eigenvalue weighted by Crippen LogP contribution is -2.50. The fourth-order valence-corrected chi connectivity index (χ4v) is 5.53. The van der Waals surface area contributed by atoms with Crippen LogP contribution in [0.4, 0.5) is 18.9 Å². The smallest absolute Gasteiger partial charge is 0.303 e. The summed E-state index contributed by atoms with van der Waals surface area (Å²) in [7, 11) is 0. The molecule has 2 aliphatic rings. The van der Waals surface area contributed by atoms with E-state index in [0.717, 1.165) is 0 Å². The monoisotopic (exact) mass is 539 g/mol. The zero-order valence-corrected chi connectivity index (χ0v) is 20.7. The summed E-state index contributed by atoms with van der Waals surface area (Å²) in [4.78, 5) is 50.1. The molecular weight excluding hydrogens is 515 g/mol. The number of rotatable bonds is 7. The Labute approximate surface area is 215 Å². The van der Waals surface area contributed by atoms with Crippen molar-refractivity contribution in [1.29, 1.82) is 0 Å². The molecule has 2 heterocycles. The molecule has 3 N–H and O–H groups in total. The van der Waals surface area contributed by atoms with E-state index < -0.39 is 46.6 Å². The van der Waals surface area contributed by atoms with E-state index in [4.69, 9.17) is 16.7 Å². The third-order valence-electron chi connectivity index (χ3n) is 7.08. The quantitative estimate of drug-likeness (QED) is 0.272. The summed E-state index contributed by atoms with van der Waals surface area (Å²) in [5, 5.41) is 13.8. The second-order valence-electron chi connectivity index (χ2n) is 9.83. The van der Waals surface area contributed by atoms with Crippen molar-refractivity contribution in [2.45, 2.75) is 64.0 Å². The topological polar surface area (TPSA) is 117 Å². The van der Waals surface area contributed by atoms with Gasteiger partial charge in [-0.3, -0.25) is 19.2 Å².